The van der Waals surface area contributed by atoms with E-state index in [2.05, 4.69) is 4.98 Å². The zero-order valence-electron chi connectivity index (χ0n) is 6.76. The van der Waals surface area contributed by atoms with Gasteiger partial charge in [-0.05, 0) is 12.8 Å². The predicted octanol–water partition coefficient (Wildman–Crippen LogP) is 1.59. The number of pyridine rings is 1. The van der Waals surface area contributed by atoms with Gasteiger partial charge in [-0.3, -0.25) is 4.98 Å². The van der Waals surface area contributed by atoms with Crippen LogP contribution >= 0.6 is 0 Å². The Labute approximate surface area is 73.6 Å². The lowest BCUT2D eigenvalue weighted by atomic mass is 9.98. The van der Waals surface area contributed by atoms with E-state index >= 15 is 0 Å². The first-order valence-corrected chi connectivity index (χ1v) is 3.95. The standard InChI is InChI=1S/C9H7F2NO/c10-6-3-12-4-7(11)8(6)9(5-13)1-2-9/h3-5H,1-2H2. The topological polar surface area (TPSA) is 30.0 Å². The van der Waals surface area contributed by atoms with E-state index in [9.17, 15) is 13.6 Å². The number of hydrogen-bond donors (Lipinski definition) is 0. The van der Waals surface area contributed by atoms with E-state index in [-0.39, 0.29) is 5.56 Å². The van der Waals surface area contributed by atoms with Crippen molar-refractivity contribution in [3.63, 3.8) is 0 Å². The zero-order chi connectivity index (χ0) is 9.47. The zero-order valence-corrected chi connectivity index (χ0v) is 6.76. The summed E-state index contributed by atoms with van der Waals surface area (Å²) in [5.74, 6) is -1.46. The molecule has 0 saturated heterocycles. The van der Waals surface area contributed by atoms with Crippen molar-refractivity contribution in [3.05, 3.63) is 29.6 Å². The molecule has 0 unspecified atom stereocenters. The minimum atomic E-state index is -0.906. The Bertz CT molecular complexity index is 340. The highest BCUT2D eigenvalue weighted by atomic mass is 19.1. The summed E-state index contributed by atoms with van der Waals surface area (Å²) in [4.78, 5) is 14.0. The summed E-state index contributed by atoms with van der Waals surface area (Å²) in [5, 5.41) is 0. The summed E-state index contributed by atoms with van der Waals surface area (Å²) in [5.41, 5.74) is -1.03. The maximum atomic E-state index is 13.1. The molecule has 0 amide bonds. The molecule has 1 saturated carbocycles. The average molecular weight is 183 g/mol. The number of rotatable bonds is 2. The van der Waals surface area contributed by atoms with E-state index in [0.29, 0.717) is 19.1 Å². The van der Waals surface area contributed by atoms with Gasteiger partial charge in [0.05, 0.1) is 17.8 Å². The quantitative estimate of drug-likeness (QED) is 0.651. The molecule has 2 nitrogen and oxygen atoms in total. The van der Waals surface area contributed by atoms with Crippen molar-refractivity contribution < 1.29 is 13.6 Å². The molecule has 68 valence electrons. The van der Waals surface area contributed by atoms with E-state index in [1.54, 1.807) is 0 Å². The molecular weight excluding hydrogens is 176 g/mol. The second-order valence-electron chi connectivity index (χ2n) is 3.25. The predicted molar refractivity (Wildman–Crippen MR) is 41.1 cm³/mol. The SMILES string of the molecule is O=CC1(c2c(F)cncc2F)CC1. The molecule has 0 radical (unpaired) electrons. The fourth-order valence-electron chi connectivity index (χ4n) is 1.45. The summed E-state index contributed by atoms with van der Waals surface area (Å²) in [6.07, 6.45) is 3.53. The van der Waals surface area contributed by atoms with Crippen LogP contribution in [0.4, 0.5) is 8.78 Å². The second kappa shape index (κ2) is 2.58. The molecule has 1 aliphatic carbocycles. The first-order chi connectivity index (χ1) is 6.19. The fourth-order valence-corrected chi connectivity index (χ4v) is 1.45. The number of hydrogen-bond acceptors (Lipinski definition) is 2. The third kappa shape index (κ3) is 1.13. The number of nitrogens with zero attached hydrogens (tertiary/aromatic N) is 1. The van der Waals surface area contributed by atoms with Gasteiger partial charge < -0.3 is 4.79 Å². The van der Waals surface area contributed by atoms with E-state index in [1.807, 2.05) is 0 Å². The van der Waals surface area contributed by atoms with Gasteiger partial charge in [0.25, 0.3) is 0 Å². The minimum Gasteiger partial charge on any atom is -0.302 e. The van der Waals surface area contributed by atoms with Crippen molar-refractivity contribution in [2.75, 3.05) is 0 Å². The van der Waals surface area contributed by atoms with E-state index < -0.39 is 17.0 Å². The van der Waals surface area contributed by atoms with Gasteiger partial charge in [-0.25, -0.2) is 8.78 Å². The number of aldehydes is 1. The molecule has 1 fully saturated rings. The number of aromatic nitrogens is 1. The highest BCUT2D eigenvalue weighted by molar-refractivity contribution is 5.73. The molecule has 0 N–H and O–H groups in total. The molecule has 0 atom stereocenters. The van der Waals surface area contributed by atoms with Crippen molar-refractivity contribution in [1.29, 1.82) is 0 Å². The first kappa shape index (κ1) is 8.29. The lowest BCUT2D eigenvalue weighted by molar-refractivity contribution is -0.110. The third-order valence-electron chi connectivity index (χ3n) is 2.37. The van der Waals surface area contributed by atoms with Crippen LogP contribution in [0.2, 0.25) is 0 Å². The number of carbonyl (C=O) groups excluding carboxylic acids is 1. The van der Waals surface area contributed by atoms with Crippen LogP contribution in [0.5, 0.6) is 0 Å². The van der Waals surface area contributed by atoms with Gasteiger partial charge in [0.15, 0.2) is 0 Å². The molecule has 1 aromatic heterocycles. The first-order valence-electron chi connectivity index (χ1n) is 3.95. The van der Waals surface area contributed by atoms with Crippen molar-refractivity contribution in [2.45, 2.75) is 18.3 Å². The summed E-state index contributed by atoms with van der Waals surface area (Å²) in [7, 11) is 0. The number of carbonyl (C=O) groups is 1. The summed E-state index contributed by atoms with van der Waals surface area (Å²) in [6, 6.07) is 0. The maximum Gasteiger partial charge on any atom is 0.148 e. The molecule has 1 aromatic rings. The summed E-state index contributed by atoms with van der Waals surface area (Å²) < 4.78 is 26.2. The Morgan fingerprint density at radius 2 is 1.85 bits per heavy atom. The molecule has 0 aliphatic heterocycles. The van der Waals surface area contributed by atoms with Crippen molar-refractivity contribution in [2.24, 2.45) is 0 Å². The molecule has 0 spiro atoms. The molecule has 1 aliphatic rings. The smallest absolute Gasteiger partial charge is 0.148 e. The van der Waals surface area contributed by atoms with Gasteiger partial charge >= 0.3 is 0 Å². The Hall–Kier alpha value is -1.32. The van der Waals surface area contributed by atoms with Crippen LogP contribution in [-0.2, 0) is 10.2 Å². The molecule has 0 bridgehead atoms. The van der Waals surface area contributed by atoms with Gasteiger partial charge in [-0.2, -0.15) is 0 Å². The van der Waals surface area contributed by atoms with Crippen LogP contribution in [0.15, 0.2) is 12.4 Å². The summed E-state index contributed by atoms with van der Waals surface area (Å²) >= 11 is 0. The minimum absolute atomic E-state index is 0.127. The van der Waals surface area contributed by atoms with Crippen LogP contribution < -0.4 is 0 Å². The van der Waals surface area contributed by atoms with Crippen molar-refractivity contribution >= 4 is 6.29 Å². The molecular formula is C9H7F2NO. The Morgan fingerprint density at radius 3 is 2.23 bits per heavy atom. The maximum absolute atomic E-state index is 13.1. The second-order valence-corrected chi connectivity index (χ2v) is 3.25. The lowest BCUT2D eigenvalue weighted by Gasteiger charge is -2.08. The average Bonchev–Trinajstić information content (AvgIpc) is 2.85. The van der Waals surface area contributed by atoms with Crippen LogP contribution in [-0.4, -0.2) is 11.3 Å². The highest BCUT2D eigenvalue weighted by Crippen LogP contribution is 2.47. The fraction of sp³-hybridized carbons (Fsp3) is 0.333. The van der Waals surface area contributed by atoms with Crippen LogP contribution in [0.3, 0.4) is 0 Å². The molecule has 0 aromatic carbocycles. The van der Waals surface area contributed by atoms with Crippen molar-refractivity contribution in [1.82, 2.24) is 4.98 Å². The molecule has 2 rings (SSSR count). The van der Waals surface area contributed by atoms with Gasteiger partial charge in [-0.15, -0.1) is 0 Å². The van der Waals surface area contributed by atoms with E-state index in [0.717, 1.165) is 12.4 Å². The monoisotopic (exact) mass is 183 g/mol. The molecule has 4 heteroatoms. The summed E-state index contributed by atoms with van der Waals surface area (Å²) in [6.45, 7) is 0. The van der Waals surface area contributed by atoms with E-state index in [1.165, 1.54) is 0 Å². The Kier molecular flexibility index (Phi) is 1.65. The third-order valence-corrected chi connectivity index (χ3v) is 2.37. The van der Waals surface area contributed by atoms with Crippen LogP contribution in [0.1, 0.15) is 18.4 Å². The van der Waals surface area contributed by atoms with E-state index in [4.69, 9.17) is 0 Å². The van der Waals surface area contributed by atoms with Crippen LogP contribution in [0.25, 0.3) is 0 Å². The molecule has 13 heavy (non-hydrogen) atoms. The lowest BCUT2D eigenvalue weighted by Crippen LogP contribution is -2.13. The van der Waals surface area contributed by atoms with Gasteiger partial charge in [-0.1, -0.05) is 0 Å². The van der Waals surface area contributed by atoms with Gasteiger partial charge in [0, 0.05) is 5.56 Å². The normalized spacial score (nSPS) is 18.3. The Balaban J connectivity index is 2.56. The number of halogens is 2. The van der Waals surface area contributed by atoms with Crippen molar-refractivity contribution in [3.8, 4) is 0 Å². The molecule has 1 heterocycles. The Morgan fingerprint density at radius 1 is 1.31 bits per heavy atom. The van der Waals surface area contributed by atoms with Gasteiger partial charge in [0.1, 0.15) is 17.9 Å². The highest BCUT2D eigenvalue weighted by Gasteiger charge is 2.48. The van der Waals surface area contributed by atoms with Gasteiger partial charge in [0.2, 0.25) is 0 Å². The van der Waals surface area contributed by atoms with Crippen LogP contribution in [0, 0.1) is 11.6 Å². The largest absolute Gasteiger partial charge is 0.302 e.